The van der Waals surface area contributed by atoms with Gasteiger partial charge in [-0.3, -0.25) is 10.1 Å². The summed E-state index contributed by atoms with van der Waals surface area (Å²) in [6.45, 7) is -2.05. The number of nitrogens with zero attached hydrogens (tertiary/aromatic N) is 2. The first kappa shape index (κ1) is 22.3. The van der Waals surface area contributed by atoms with E-state index in [1.807, 2.05) is 0 Å². The Kier molecular flexibility index (Phi) is 6.88. The molecule has 0 saturated carbocycles. The van der Waals surface area contributed by atoms with Gasteiger partial charge >= 0.3 is 12.6 Å². The van der Waals surface area contributed by atoms with Gasteiger partial charge in [-0.2, -0.15) is 8.78 Å². The minimum absolute atomic E-state index is 0.00550. The van der Waals surface area contributed by atoms with Gasteiger partial charge in [0.05, 0.1) is 5.75 Å². The van der Waals surface area contributed by atoms with Crippen molar-refractivity contribution in [2.45, 2.75) is 11.8 Å². The number of imide groups is 1. The van der Waals surface area contributed by atoms with E-state index < -0.39 is 18.5 Å². The number of aromatic nitrogens is 2. The number of alkyl halides is 2. The smallest absolute Gasteiger partial charge is 0.387 e. The summed E-state index contributed by atoms with van der Waals surface area (Å²) in [6, 6.07) is 9.81. The largest absolute Gasteiger partial charge is 0.486 e. The molecule has 0 aliphatic carbocycles. The highest BCUT2D eigenvalue weighted by Gasteiger charge is 2.16. The summed E-state index contributed by atoms with van der Waals surface area (Å²) in [5.74, 6) is 0.479. The average Bonchev–Trinajstić information content (AvgIpc) is 3.27. The first-order chi connectivity index (χ1) is 16.0. The number of thioether (sulfide) groups is 1. The number of anilines is 1. The lowest BCUT2D eigenvalue weighted by Crippen LogP contribution is -2.35. The van der Waals surface area contributed by atoms with Crippen LogP contribution in [0.2, 0.25) is 0 Å². The molecule has 0 atom stereocenters. The Labute approximate surface area is 189 Å². The molecule has 10 nitrogen and oxygen atoms in total. The number of nitrogens with one attached hydrogen (secondary N) is 2. The van der Waals surface area contributed by atoms with Crippen molar-refractivity contribution in [2.24, 2.45) is 0 Å². The molecule has 4 rings (SSSR count). The Balaban J connectivity index is 1.25. The van der Waals surface area contributed by atoms with E-state index in [-0.39, 0.29) is 22.6 Å². The molecule has 1 aliphatic heterocycles. The lowest BCUT2D eigenvalue weighted by molar-refractivity contribution is -0.117. The summed E-state index contributed by atoms with van der Waals surface area (Å²) in [5, 5.41) is 12.5. The van der Waals surface area contributed by atoms with E-state index in [1.165, 1.54) is 24.3 Å². The molecule has 0 spiro atoms. The van der Waals surface area contributed by atoms with Gasteiger partial charge in [0.25, 0.3) is 5.22 Å². The summed E-state index contributed by atoms with van der Waals surface area (Å²) in [4.78, 5) is 24.1. The zero-order valence-corrected chi connectivity index (χ0v) is 17.6. The van der Waals surface area contributed by atoms with Crippen LogP contribution in [-0.4, -0.2) is 47.7 Å². The predicted octanol–water partition coefficient (Wildman–Crippen LogP) is 3.55. The molecule has 0 radical (unpaired) electrons. The molecule has 13 heteroatoms. The van der Waals surface area contributed by atoms with Gasteiger partial charge in [0, 0.05) is 17.3 Å². The van der Waals surface area contributed by atoms with Crippen molar-refractivity contribution in [1.29, 1.82) is 0 Å². The Hall–Kier alpha value is -3.87. The van der Waals surface area contributed by atoms with Crippen LogP contribution in [0.5, 0.6) is 17.2 Å². The number of benzene rings is 2. The van der Waals surface area contributed by atoms with Gasteiger partial charge in [0.2, 0.25) is 11.8 Å². The second kappa shape index (κ2) is 10.2. The molecule has 3 aromatic rings. The number of carbonyl (C=O) groups is 2. The number of fused-ring (bicyclic) bond motifs is 1. The molecule has 0 bridgehead atoms. The van der Waals surface area contributed by atoms with Gasteiger partial charge in [-0.1, -0.05) is 11.8 Å². The molecule has 2 aromatic carbocycles. The molecular weight excluding hydrogens is 462 g/mol. The number of carbonyl (C=O) groups excluding carboxylic acids is 2. The third-order valence-electron chi connectivity index (χ3n) is 4.11. The van der Waals surface area contributed by atoms with Crippen LogP contribution >= 0.6 is 11.8 Å². The maximum atomic E-state index is 12.2. The molecule has 0 saturated heterocycles. The van der Waals surface area contributed by atoms with Gasteiger partial charge in [-0.15, -0.1) is 10.2 Å². The number of halogens is 2. The fourth-order valence-corrected chi connectivity index (χ4v) is 3.30. The second-order valence-electron chi connectivity index (χ2n) is 6.43. The number of hydrogen-bond donors (Lipinski definition) is 2. The zero-order valence-electron chi connectivity index (χ0n) is 16.7. The lowest BCUT2D eigenvalue weighted by Gasteiger charge is -2.19. The molecule has 1 aromatic heterocycles. The quantitative estimate of drug-likeness (QED) is 0.491. The van der Waals surface area contributed by atoms with Gasteiger partial charge in [-0.25, -0.2) is 4.79 Å². The van der Waals surface area contributed by atoms with Crippen molar-refractivity contribution in [1.82, 2.24) is 15.5 Å². The van der Waals surface area contributed by atoms with Crippen LogP contribution in [0.15, 0.2) is 52.1 Å². The van der Waals surface area contributed by atoms with Crippen molar-refractivity contribution in [3.63, 3.8) is 0 Å². The molecule has 0 fully saturated rings. The monoisotopic (exact) mass is 478 g/mol. The summed E-state index contributed by atoms with van der Waals surface area (Å²) >= 11 is 0.930. The first-order valence-corrected chi connectivity index (χ1v) is 10.5. The number of ether oxygens (including phenoxy) is 3. The van der Waals surface area contributed by atoms with Crippen LogP contribution < -0.4 is 24.8 Å². The third-order valence-corrected chi connectivity index (χ3v) is 4.93. The number of urea groups is 1. The molecule has 2 heterocycles. The zero-order chi connectivity index (χ0) is 23.2. The SMILES string of the molecule is O=C(CSc1nnc(-c2ccc(OC(F)F)cc2)o1)NC(=O)Nc1ccc2c(c1)OCCO2. The Morgan fingerprint density at radius 1 is 1.06 bits per heavy atom. The van der Waals surface area contributed by atoms with Gasteiger partial charge < -0.3 is 23.9 Å². The lowest BCUT2D eigenvalue weighted by atomic mass is 10.2. The summed E-state index contributed by atoms with van der Waals surface area (Å²) < 4.78 is 45.0. The van der Waals surface area contributed by atoms with E-state index in [0.29, 0.717) is 36.0 Å². The maximum absolute atomic E-state index is 12.2. The van der Waals surface area contributed by atoms with Crippen molar-refractivity contribution >= 4 is 29.4 Å². The molecule has 33 heavy (non-hydrogen) atoms. The maximum Gasteiger partial charge on any atom is 0.387 e. The molecule has 0 unspecified atom stereocenters. The van der Waals surface area contributed by atoms with Crippen LogP contribution in [0.3, 0.4) is 0 Å². The molecule has 172 valence electrons. The van der Waals surface area contributed by atoms with Crippen LogP contribution in [0, 0.1) is 0 Å². The minimum atomic E-state index is -2.92. The van der Waals surface area contributed by atoms with Crippen LogP contribution in [0.4, 0.5) is 19.3 Å². The number of hydrogen-bond acceptors (Lipinski definition) is 9. The topological polar surface area (TPSA) is 125 Å². The van der Waals surface area contributed by atoms with Crippen LogP contribution in [0.1, 0.15) is 0 Å². The molecule has 1 aliphatic rings. The molecule has 3 amide bonds. The van der Waals surface area contributed by atoms with Crippen molar-refractivity contribution in [2.75, 3.05) is 24.3 Å². The van der Waals surface area contributed by atoms with Gasteiger partial charge in [0.15, 0.2) is 11.5 Å². The average molecular weight is 478 g/mol. The second-order valence-corrected chi connectivity index (χ2v) is 7.35. The van der Waals surface area contributed by atoms with E-state index >= 15 is 0 Å². The van der Waals surface area contributed by atoms with E-state index in [1.54, 1.807) is 18.2 Å². The van der Waals surface area contributed by atoms with E-state index in [9.17, 15) is 18.4 Å². The Bertz CT molecular complexity index is 1140. The Morgan fingerprint density at radius 3 is 2.58 bits per heavy atom. The van der Waals surface area contributed by atoms with Crippen molar-refractivity contribution in [3.05, 3.63) is 42.5 Å². The van der Waals surface area contributed by atoms with Gasteiger partial charge in [0.1, 0.15) is 19.0 Å². The fourth-order valence-electron chi connectivity index (χ4n) is 2.74. The van der Waals surface area contributed by atoms with Crippen LogP contribution in [-0.2, 0) is 4.79 Å². The predicted molar refractivity (Wildman–Crippen MR) is 112 cm³/mol. The summed E-state index contributed by atoms with van der Waals surface area (Å²) in [7, 11) is 0. The normalized spacial score (nSPS) is 12.3. The third kappa shape index (κ3) is 6.10. The summed E-state index contributed by atoms with van der Waals surface area (Å²) in [5.41, 5.74) is 0.919. The van der Waals surface area contributed by atoms with E-state index in [0.717, 1.165) is 11.8 Å². The van der Waals surface area contributed by atoms with E-state index in [4.69, 9.17) is 13.9 Å². The summed E-state index contributed by atoms with van der Waals surface area (Å²) in [6.07, 6.45) is 0. The molecule has 2 N–H and O–H groups in total. The Morgan fingerprint density at radius 2 is 1.82 bits per heavy atom. The van der Waals surface area contributed by atoms with Gasteiger partial charge in [-0.05, 0) is 36.4 Å². The minimum Gasteiger partial charge on any atom is -0.486 e. The van der Waals surface area contributed by atoms with E-state index in [2.05, 4.69) is 25.6 Å². The highest BCUT2D eigenvalue weighted by Crippen LogP contribution is 2.32. The van der Waals surface area contributed by atoms with Crippen LogP contribution in [0.25, 0.3) is 11.5 Å². The highest BCUT2D eigenvalue weighted by atomic mass is 32.2. The number of amides is 3. The fraction of sp³-hybridized carbons (Fsp3) is 0.200. The van der Waals surface area contributed by atoms with Crippen molar-refractivity contribution in [3.8, 4) is 28.7 Å². The standard InChI is InChI=1S/C20H16F2N4O6S/c21-18(22)31-13-4-1-11(2-5-13)17-25-26-20(32-17)33-10-16(27)24-19(28)23-12-3-6-14-15(9-12)30-8-7-29-14/h1-6,9,18H,7-8,10H2,(H2,23,24,27,28). The van der Waals surface area contributed by atoms with Crippen molar-refractivity contribution < 1.29 is 37.0 Å². The number of rotatable bonds is 7. The first-order valence-electron chi connectivity index (χ1n) is 9.48. The molecular formula is C20H16F2N4O6S. The highest BCUT2D eigenvalue weighted by molar-refractivity contribution is 7.99.